The highest BCUT2D eigenvalue weighted by atomic mass is 79.9. The molecule has 1 fully saturated rings. The highest BCUT2D eigenvalue weighted by Crippen LogP contribution is 2.21. The number of nitrogens with zero attached hydrogens (tertiary/aromatic N) is 3. The highest BCUT2D eigenvalue weighted by Gasteiger charge is 2.36. The average molecular weight is 405 g/mol. The Balaban J connectivity index is 1.92. The molecule has 132 valence electrons. The normalized spacial score (nSPS) is 17.7. The van der Waals surface area contributed by atoms with Crippen LogP contribution >= 0.6 is 15.9 Å². The monoisotopic (exact) mass is 404 g/mol. The van der Waals surface area contributed by atoms with Crippen molar-refractivity contribution in [1.82, 2.24) is 20.0 Å². The zero-order valence-electron chi connectivity index (χ0n) is 14.5. The minimum absolute atomic E-state index is 0.0473. The maximum Gasteiger partial charge on any atom is 0.258 e. The van der Waals surface area contributed by atoms with E-state index in [4.69, 9.17) is 0 Å². The fourth-order valence-corrected chi connectivity index (χ4v) is 3.46. The van der Waals surface area contributed by atoms with E-state index in [2.05, 4.69) is 26.3 Å². The number of rotatable bonds is 3. The van der Waals surface area contributed by atoms with Crippen LogP contribution in [0.25, 0.3) is 5.69 Å². The van der Waals surface area contributed by atoms with Crippen LogP contribution in [0.1, 0.15) is 29.9 Å². The van der Waals surface area contributed by atoms with Crippen LogP contribution < -0.4 is 5.32 Å². The third kappa shape index (κ3) is 3.33. The van der Waals surface area contributed by atoms with Gasteiger partial charge in [0.1, 0.15) is 6.04 Å². The van der Waals surface area contributed by atoms with Crippen LogP contribution in [0.5, 0.6) is 0 Å². The first kappa shape index (κ1) is 17.7. The minimum atomic E-state index is -0.448. The number of carbonyl (C=O) groups excluding carboxylic acids is 2. The molecule has 6 nitrogen and oxygen atoms in total. The van der Waals surface area contributed by atoms with Crippen molar-refractivity contribution in [3.05, 3.63) is 46.2 Å². The first-order valence-corrected chi connectivity index (χ1v) is 9.08. The summed E-state index contributed by atoms with van der Waals surface area (Å²) >= 11 is 3.41. The number of piperazine rings is 1. The van der Waals surface area contributed by atoms with Gasteiger partial charge >= 0.3 is 0 Å². The number of halogens is 1. The number of hydrogen-bond donors (Lipinski definition) is 1. The quantitative estimate of drug-likeness (QED) is 0.854. The van der Waals surface area contributed by atoms with Crippen molar-refractivity contribution in [3.8, 4) is 5.69 Å². The van der Waals surface area contributed by atoms with E-state index in [0.717, 1.165) is 15.9 Å². The van der Waals surface area contributed by atoms with Gasteiger partial charge in [-0.05, 0) is 37.1 Å². The summed E-state index contributed by atoms with van der Waals surface area (Å²) in [5, 5.41) is 7.22. The standard InChI is InChI=1S/C18H21BrN4O2/c1-11(2)16-17(24)20-8-9-22(16)18(25)15-10-21-23(12(15)3)14-6-4-13(19)5-7-14/h4-7,10-11,16H,8-9H2,1-3H3,(H,20,24)/t16-/m1/s1. The summed E-state index contributed by atoms with van der Waals surface area (Å²) in [6, 6.07) is 7.29. The lowest BCUT2D eigenvalue weighted by Gasteiger charge is -2.37. The second-order valence-electron chi connectivity index (χ2n) is 6.51. The van der Waals surface area contributed by atoms with E-state index < -0.39 is 6.04 Å². The van der Waals surface area contributed by atoms with Gasteiger partial charge in [-0.25, -0.2) is 4.68 Å². The summed E-state index contributed by atoms with van der Waals surface area (Å²) in [5.74, 6) is -0.187. The molecule has 1 aromatic carbocycles. The second-order valence-corrected chi connectivity index (χ2v) is 7.43. The number of amides is 2. The molecular weight excluding hydrogens is 384 g/mol. The van der Waals surface area contributed by atoms with Gasteiger partial charge in [-0.2, -0.15) is 5.10 Å². The molecule has 1 N–H and O–H groups in total. The van der Waals surface area contributed by atoms with Crippen molar-refractivity contribution >= 4 is 27.7 Å². The number of carbonyl (C=O) groups is 2. The second kappa shape index (κ2) is 7.00. The predicted octanol–water partition coefficient (Wildman–Crippen LogP) is 2.54. The molecule has 1 aliphatic heterocycles. The fourth-order valence-electron chi connectivity index (χ4n) is 3.19. The van der Waals surface area contributed by atoms with Crippen LogP contribution in [0.3, 0.4) is 0 Å². The number of benzene rings is 1. The number of nitrogens with one attached hydrogen (secondary N) is 1. The largest absolute Gasteiger partial charge is 0.353 e. The maximum absolute atomic E-state index is 13.1. The molecule has 2 amide bonds. The van der Waals surface area contributed by atoms with Crippen molar-refractivity contribution in [1.29, 1.82) is 0 Å². The Morgan fingerprint density at radius 2 is 2.00 bits per heavy atom. The molecule has 0 aliphatic carbocycles. The van der Waals surface area contributed by atoms with Gasteiger partial charge in [0.05, 0.1) is 23.1 Å². The molecule has 1 aromatic heterocycles. The summed E-state index contributed by atoms with van der Waals surface area (Å²) < 4.78 is 2.73. The Labute approximate surface area is 155 Å². The molecule has 0 saturated carbocycles. The zero-order chi connectivity index (χ0) is 18.1. The van der Waals surface area contributed by atoms with Crippen molar-refractivity contribution in [2.45, 2.75) is 26.8 Å². The van der Waals surface area contributed by atoms with E-state index in [-0.39, 0.29) is 17.7 Å². The summed E-state index contributed by atoms with van der Waals surface area (Å²) in [5.41, 5.74) is 2.18. The SMILES string of the molecule is Cc1c(C(=O)N2CCNC(=O)[C@H]2C(C)C)cnn1-c1ccc(Br)cc1. The molecule has 0 spiro atoms. The van der Waals surface area contributed by atoms with E-state index in [1.54, 1.807) is 15.8 Å². The maximum atomic E-state index is 13.1. The van der Waals surface area contributed by atoms with Gasteiger partial charge in [-0.15, -0.1) is 0 Å². The van der Waals surface area contributed by atoms with Crippen LogP contribution in [0, 0.1) is 12.8 Å². The summed E-state index contributed by atoms with van der Waals surface area (Å²) in [6.45, 7) is 6.77. The lowest BCUT2D eigenvalue weighted by atomic mass is 9.98. The number of hydrogen-bond acceptors (Lipinski definition) is 3. The minimum Gasteiger partial charge on any atom is -0.353 e. The lowest BCUT2D eigenvalue weighted by Crippen LogP contribution is -2.59. The Morgan fingerprint density at radius 1 is 1.32 bits per heavy atom. The molecule has 2 aromatic rings. The lowest BCUT2D eigenvalue weighted by molar-refractivity contribution is -0.129. The van der Waals surface area contributed by atoms with Crippen LogP contribution in [0.15, 0.2) is 34.9 Å². The van der Waals surface area contributed by atoms with Gasteiger partial charge in [0.2, 0.25) is 5.91 Å². The Bertz CT molecular complexity index is 798. The summed E-state index contributed by atoms with van der Waals surface area (Å²) in [4.78, 5) is 26.9. The molecule has 0 radical (unpaired) electrons. The van der Waals surface area contributed by atoms with E-state index in [9.17, 15) is 9.59 Å². The molecule has 1 atom stereocenters. The van der Waals surface area contributed by atoms with Crippen molar-refractivity contribution in [2.24, 2.45) is 5.92 Å². The van der Waals surface area contributed by atoms with Crippen molar-refractivity contribution in [3.63, 3.8) is 0 Å². The fraction of sp³-hybridized carbons (Fsp3) is 0.389. The van der Waals surface area contributed by atoms with E-state index in [0.29, 0.717) is 18.7 Å². The summed E-state index contributed by atoms with van der Waals surface area (Å²) in [7, 11) is 0. The average Bonchev–Trinajstić information content (AvgIpc) is 2.96. The third-order valence-electron chi connectivity index (χ3n) is 4.46. The first-order chi connectivity index (χ1) is 11.9. The molecule has 1 saturated heterocycles. The van der Waals surface area contributed by atoms with Gasteiger partial charge in [-0.3, -0.25) is 9.59 Å². The molecule has 25 heavy (non-hydrogen) atoms. The third-order valence-corrected chi connectivity index (χ3v) is 4.99. The predicted molar refractivity (Wildman–Crippen MR) is 98.7 cm³/mol. The zero-order valence-corrected chi connectivity index (χ0v) is 16.1. The molecule has 1 aliphatic rings. The van der Waals surface area contributed by atoms with Crippen molar-refractivity contribution < 1.29 is 9.59 Å². The van der Waals surface area contributed by atoms with Gasteiger partial charge in [0.15, 0.2) is 0 Å². The van der Waals surface area contributed by atoms with Gasteiger partial charge in [0, 0.05) is 17.6 Å². The smallest absolute Gasteiger partial charge is 0.258 e. The molecule has 2 heterocycles. The molecule has 0 bridgehead atoms. The molecule has 3 rings (SSSR count). The van der Waals surface area contributed by atoms with Crippen molar-refractivity contribution in [2.75, 3.05) is 13.1 Å². The first-order valence-electron chi connectivity index (χ1n) is 8.29. The Hall–Kier alpha value is -2.15. The van der Waals surface area contributed by atoms with E-state index >= 15 is 0 Å². The molecule has 7 heteroatoms. The number of aromatic nitrogens is 2. The topological polar surface area (TPSA) is 67.2 Å². The van der Waals surface area contributed by atoms with Crippen LogP contribution in [-0.4, -0.2) is 45.6 Å². The molecule has 0 unspecified atom stereocenters. The van der Waals surface area contributed by atoms with Gasteiger partial charge in [0.25, 0.3) is 5.91 Å². The summed E-state index contributed by atoms with van der Waals surface area (Å²) in [6.07, 6.45) is 1.59. The van der Waals surface area contributed by atoms with Crippen LogP contribution in [-0.2, 0) is 4.79 Å². The van der Waals surface area contributed by atoms with Crippen LogP contribution in [0.4, 0.5) is 0 Å². The van der Waals surface area contributed by atoms with Crippen LogP contribution in [0.2, 0.25) is 0 Å². The van der Waals surface area contributed by atoms with Gasteiger partial charge < -0.3 is 10.2 Å². The highest BCUT2D eigenvalue weighted by molar-refractivity contribution is 9.10. The van der Waals surface area contributed by atoms with E-state index in [1.807, 2.05) is 45.0 Å². The molecular formula is C18H21BrN4O2. The Morgan fingerprint density at radius 3 is 2.64 bits per heavy atom. The van der Waals surface area contributed by atoms with Gasteiger partial charge in [-0.1, -0.05) is 29.8 Å². The Kier molecular flexibility index (Phi) is 4.94. The van der Waals surface area contributed by atoms with E-state index in [1.165, 1.54) is 0 Å².